The van der Waals surface area contributed by atoms with Crippen LogP contribution in [0.4, 0.5) is 4.79 Å². The summed E-state index contributed by atoms with van der Waals surface area (Å²) < 4.78 is 5.54. The highest BCUT2D eigenvalue weighted by atomic mass is 32.1. The van der Waals surface area contributed by atoms with Crippen LogP contribution in [0, 0.1) is 0 Å². The highest BCUT2D eigenvalue weighted by molar-refractivity contribution is 7.10. The molecule has 0 aromatic carbocycles. The maximum atomic E-state index is 12.6. The van der Waals surface area contributed by atoms with Gasteiger partial charge in [-0.15, -0.1) is 11.3 Å². The van der Waals surface area contributed by atoms with Crippen molar-refractivity contribution in [3.63, 3.8) is 0 Å². The molecule has 1 aliphatic carbocycles. The first-order chi connectivity index (χ1) is 11.2. The van der Waals surface area contributed by atoms with Crippen molar-refractivity contribution in [3.05, 3.63) is 22.4 Å². The summed E-state index contributed by atoms with van der Waals surface area (Å²) in [5, 5.41) is 15.5. The Balaban J connectivity index is 1.57. The number of thiophene rings is 1. The van der Waals surface area contributed by atoms with Crippen LogP contribution >= 0.6 is 11.3 Å². The van der Waals surface area contributed by atoms with Gasteiger partial charge in [-0.2, -0.15) is 0 Å². The quantitative estimate of drug-likeness (QED) is 0.887. The number of amides is 2. The molecule has 0 spiro atoms. The van der Waals surface area contributed by atoms with E-state index in [-0.39, 0.29) is 12.1 Å². The maximum absolute atomic E-state index is 12.6. The Morgan fingerprint density at radius 3 is 3.00 bits per heavy atom. The number of nitrogens with one attached hydrogen (secondary N) is 1. The lowest BCUT2D eigenvalue weighted by Gasteiger charge is -2.37. The fourth-order valence-corrected chi connectivity index (χ4v) is 4.20. The standard InChI is InChI=1S/C17H26N2O3S/c20-15(16-7-4-10-23-16)11-14-12-22-9-8-19(14)17(21)18-13-5-2-1-3-6-13/h4,7,10,13-15,20H,1-3,5-6,8-9,11-12H2,(H,18,21). The number of nitrogens with zero attached hydrogens (tertiary/aromatic N) is 1. The van der Waals surface area contributed by atoms with Gasteiger partial charge in [-0.05, 0) is 24.3 Å². The van der Waals surface area contributed by atoms with Gasteiger partial charge >= 0.3 is 6.03 Å². The number of urea groups is 1. The van der Waals surface area contributed by atoms with E-state index >= 15 is 0 Å². The first-order valence-electron chi connectivity index (χ1n) is 8.60. The second kappa shape index (κ2) is 8.13. The predicted molar refractivity (Wildman–Crippen MR) is 90.6 cm³/mol. The van der Waals surface area contributed by atoms with Crippen LogP contribution in [-0.2, 0) is 4.74 Å². The summed E-state index contributed by atoms with van der Waals surface area (Å²) >= 11 is 1.55. The van der Waals surface area contributed by atoms with E-state index in [0.717, 1.165) is 17.7 Å². The van der Waals surface area contributed by atoms with Gasteiger partial charge in [0.05, 0.1) is 25.4 Å². The van der Waals surface area contributed by atoms with Gasteiger partial charge in [-0.1, -0.05) is 25.3 Å². The zero-order valence-corrected chi connectivity index (χ0v) is 14.3. The molecule has 1 aromatic rings. The molecule has 5 nitrogen and oxygen atoms in total. The lowest BCUT2D eigenvalue weighted by Crippen LogP contribution is -2.54. The molecule has 6 heteroatoms. The van der Waals surface area contributed by atoms with Crippen molar-refractivity contribution < 1.29 is 14.6 Å². The molecule has 1 aromatic heterocycles. The molecule has 1 saturated heterocycles. The van der Waals surface area contributed by atoms with Crippen molar-refractivity contribution in [2.75, 3.05) is 19.8 Å². The van der Waals surface area contributed by atoms with Crippen LogP contribution in [0.1, 0.15) is 49.5 Å². The summed E-state index contributed by atoms with van der Waals surface area (Å²) in [6, 6.07) is 4.12. The second-order valence-corrected chi connectivity index (χ2v) is 7.45. The van der Waals surface area contributed by atoms with E-state index in [9.17, 15) is 9.90 Å². The lowest BCUT2D eigenvalue weighted by molar-refractivity contribution is -0.00717. The van der Waals surface area contributed by atoms with Gasteiger partial charge < -0.3 is 20.1 Å². The molecule has 2 amide bonds. The predicted octanol–water partition coefficient (Wildman–Crippen LogP) is 2.91. The van der Waals surface area contributed by atoms with Gasteiger partial charge in [0.2, 0.25) is 0 Å². The van der Waals surface area contributed by atoms with E-state index in [2.05, 4.69) is 5.32 Å². The van der Waals surface area contributed by atoms with Gasteiger partial charge in [0, 0.05) is 23.9 Å². The third kappa shape index (κ3) is 4.46. The average Bonchev–Trinajstić information content (AvgIpc) is 3.11. The molecule has 3 rings (SSSR count). The third-order valence-corrected chi connectivity index (χ3v) is 5.76. The summed E-state index contributed by atoms with van der Waals surface area (Å²) in [5.41, 5.74) is 0. The largest absolute Gasteiger partial charge is 0.387 e. The Labute approximate surface area is 141 Å². The van der Waals surface area contributed by atoms with Crippen LogP contribution in [0.5, 0.6) is 0 Å². The van der Waals surface area contributed by atoms with E-state index in [4.69, 9.17) is 4.74 Å². The number of hydrogen-bond acceptors (Lipinski definition) is 4. The molecule has 0 bridgehead atoms. The lowest BCUT2D eigenvalue weighted by atomic mass is 9.95. The number of aliphatic hydroxyl groups excluding tert-OH is 1. The molecule has 0 radical (unpaired) electrons. The zero-order valence-electron chi connectivity index (χ0n) is 13.4. The van der Waals surface area contributed by atoms with Gasteiger partial charge in [0.1, 0.15) is 0 Å². The monoisotopic (exact) mass is 338 g/mol. The number of hydrogen-bond donors (Lipinski definition) is 2. The van der Waals surface area contributed by atoms with Crippen molar-refractivity contribution in [1.29, 1.82) is 0 Å². The first-order valence-corrected chi connectivity index (χ1v) is 9.48. The Hall–Kier alpha value is -1.11. The molecule has 2 fully saturated rings. The highest BCUT2D eigenvalue weighted by Crippen LogP contribution is 2.26. The number of carbonyl (C=O) groups excluding carboxylic acids is 1. The van der Waals surface area contributed by atoms with Crippen LogP contribution in [0.15, 0.2) is 17.5 Å². The fourth-order valence-electron chi connectivity index (χ4n) is 3.48. The van der Waals surface area contributed by atoms with E-state index in [0.29, 0.717) is 32.2 Å². The van der Waals surface area contributed by atoms with E-state index in [1.807, 2.05) is 22.4 Å². The Morgan fingerprint density at radius 2 is 2.26 bits per heavy atom. The van der Waals surface area contributed by atoms with Crippen molar-refractivity contribution in [2.24, 2.45) is 0 Å². The van der Waals surface area contributed by atoms with E-state index in [1.54, 1.807) is 11.3 Å². The van der Waals surface area contributed by atoms with E-state index in [1.165, 1.54) is 19.3 Å². The van der Waals surface area contributed by atoms with Crippen LogP contribution in [0.25, 0.3) is 0 Å². The number of morpholine rings is 1. The van der Waals surface area contributed by atoms with Gasteiger partial charge in [-0.25, -0.2) is 4.79 Å². The summed E-state index contributed by atoms with van der Waals surface area (Å²) in [6.45, 7) is 1.67. The molecule has 2 aliphatic rings. The minimum atomic E-state index is -0.535. The minimum Gasteiger partial charge on any atom is -0.387 e. The fraction of sp³-hybridized carbons (Fsp3) is 0.706. The Morgan fingerprint density at radius 1 is 1.43 bits per heavy atom. The molecular weight excluding hydrogens is 312 g/mol. The van der Waals surface area contributed by atoms with E-state index < -0.39 is 6.10 Å². The van der Waals surface area contributed by atoms with Crippen molar-refractivity contribution in [2.45, 2.75) is 56.7 Å². The maximum Gasteiger partial charge on any atom is 0.318 e. The van der Waals surface area contributed by atoms with Gasteiger partial charge in [0.15, 0.2) is 0 Å². The van der Waals surface area contributed by atoms with Crippen LogP contribution in [-0.4, -0.2) is 47.9 Å². The summed E-state index contributed by atoms with van der Waals surface area (Å²) in [4.78, 5) is 15.4. The van der Waals surface area contributed by atoms with Crippen molar-refractivity contribution in [1.82, 2.24) is 10.2 Å². The van der Waals surface area contributed by atoms with Gasteiger partial charge in [0.25, 0.3) is 0 Å². The molecule has 2 heterocycles. The first kappa shape index (κ1) is 16.7. The Bertz CT molecular complexity index is 488. The second-order valence-electron chi connectivity index (χ2n) is 6.47. The summed E-state index contributed by atoms with van der Waals surface area (Å²) in [7, 11) is 0. The summed E-state index contributed by atoms with van der Waals surface area (Å²) in [5.74, 6) is 0. The smallest absolute Gasteiger partial charge is 0.318 e. The number of ether oxygens (including phenoxy) is 1. The third-order valence-electron chi connectivity index (χ3n) is 4.79. The molecular formula is C17H26N2O3S. The molecule has 128 valence electrons. The van der Waals surface area contributed by atoms with Gasteiger partial charge in [-0.3, -0.25) is 0 Å². The average molecular weight is 338 g/mol. The van der Waals surface area contributed by atoms with Crippen LogP contribution in [0.2, 0.25) is 0 Å². The number of aliphatic hydroxyl groups is 1. The van der Waals surface area contributed by atoms with Crippen LogP contribution in [0.3, 0.4) is 0 Å². The zero-order chi connectivity index (χ0) is 16.1. The number of rotatable bonds is 4. The molecule has 23 heavy (non-hydrogen) atoms. The normalized spacial score (nSPS) is 24.4. The van der Waals surface area contributed by atoms with Crippen molar-refractivity contribution in [3.8, 4) is 0 Å². The molecule has 2 unspecified atom stereocenters. The minimum absolute atomic E-state index is 0.00331. The molecule has 2 N–H and O–H groups in total. The molecule has 1 aliphatic heterocycles. The number of carbonyl (C=O) groups is 1. The highest BCUT2D eigenvalue weighted by Gasteiger charge is 2.31. The SMILES string of the molecule is O=C(NC1CCCCC1)N1CCOCC1CC(O)c1cccs1. The molecule has 2 atom stereocenters. The van der Waals surface area contributed by atoms with Crippen molar-refractivity contribution >= 4 is 17.4 Å². The Kier molecular flexibility index (Phi) is 5.91. The molecule has 1 saturated carbocycles. The summed E-state index contributed by atoms with van der Waals surface area (Å²) in [6.07, 6.45) is 5.84. The topological polar surface area (TPSA) is 61.8 Å². The van der Waals surface area contributed by atoms with Crippen LogP contribution < -0.4 is 5.32 Å².